The molecule has 0 saturated carbocycles. The Morgan fingerprint density at radius 2 is 2.29 bits per heavy atom. The second kappa shape index (κ2) is 5.18. The van der Waals surface area contributed by atoms with Gasteiger partial charge in [0.1, 0.15) is 0 Å². The molecule has 1 aliphatic rings. The van der Waals surface area contributed by atoms with Crippen LogP contribution >= 0.6 is 15.9 Å². The largest absolute Gasteiger partial charge is 0.354 e. The van der Waals surface area contributed by atoms with Crippen LogP contribution in [0.15, 0.2) is 4.47 Å². The number of piperazine rings is 1. The molecule has 1 fully saturated rings. The van der Waals surface area contributed by atoms with Crippen LogP contribution in [-0.2, 0) is 24.8 Å². The molecular formula is C11H17BrN4O. The van der Waals surface area contributed by atoms with Crippen LogP contribution in [0.2, 0.25) is 0 Å². The van der Waals surface area contributed by atoms with Crippen molar-refractivity contribution in [3.63, 3.8) is 0 Å². The highest BCUT2D eigenvalue weighted by Crippen LogP contribution is 2.22. The van der Waals surface area contributed by atoms with Crippen molar-refractivity contribution in [1.29, 1.82) is 0 Å². The van der Waals surface area contributed by atoms with Gasteiger partial charge in [0.2, 0.25) is 5.91 Å². The summed E-state index contributed by atoms with van der Waals surface area (Å²) in [4.78, 5) is 13.4. The van der Waals surface area contributed by atoms with E-state index in [1.165, 1.54) is 0 Å². The summed E-state index contributed by atoms with van der Waals surface area (Å²) < 4.78 is 2.98. The lowest BCUT2D eigenvalue weighted by Gasteiger charge is -2.26. The molecule has 0 aromatic carbocycles. The van der Waals surface area contributed by atoms with E-state index in [1.54, 1.807) is 0 Å². The summed E-state index contributed by atoms with van der Waals surface area (Å²) in [6.45, 7) is 4.95. The van der Waals surface area contributed by atoms with E-state index >= 15 is 0 Å². The van der Waals surface area contributed by atoms with Gasteiger partial charge in [0, 0.05) is 26.7 Å². The summed E-state index contributed by atoms with van der Waals surface area (Å²) in [5.41, 5.74) is 2.21. The second-order valence-corrected chi connectivity index (χ2v) is 5.04. The monoisotopic (exact) mass is 300 g/mol. The van der Waals surface area contributed by atoms with E-state index in [2.05, 4.69) is 38.2 Å². The third-order valence-corrected chi connectivity index (χ3v) is 3.91. The fourth-order valence-corrected chi connectivity index (χ4v) is 2.77. The zero-order chi connectivity index (χ0) is 12.4. The van der Waals surface area contributed by atoms with Crippen molar-refractivity contribution >= 4 is 21.8 Å². The molecule has 2 heterocycles. The van der Waals surface area contributed by atoms with Crippen molar-refractivity contribution in [1.82, 2.24) is 20.0 Å². The van der Waals surface area contributed by atoms with E-state index in [1.807, 2.05) is 11.7 Å². The van der Waals surface area contributed by atoms with Crippen molar-refractivity contribution < 1.29 is 4.79 Å². The first-order valence-electron chi connectivity index (χ1n) is 5.81. The van der Waals surface area contributed by atoms with Crippen LogP contribution in [0.4, 0.5) is 0 Å². The van der Waals surface area contributed by atoms with Gasteiger partial charge in [0.25, 0.3) is 0 Å². The number of amides is 1. The van der Waals surface area contributed by atoms with Crippen molar-refractivity contribution in [2.75, 3.05) is 19.6 Å². The molecule has 5 nitrogen and oxygen atoms in total. The number of halogens is 1. The first-order valence-corrected chi connectivity index (χ1v) is 6.60. The van der Waals surface area contributed by atoms with E-state index in [-0.39, 0.29) is 5.91 Å². The lowest BCUT2D eigenvalue weighted by molar-refractivity contribution is -0.124. The van der Waals surface area contributed by atoms with Crippen molar-refractivity contribution in [3.05, 3.63) is 15.9 Å². The molecule has 0 radical (unpaired) electrons. The SMILES string of the molecule is CCc1nn(C)c(CN2CCNC(=O)C2)c1Br. The number of nitrogens with zero attached hydrogens (tertiary/aromatic N) is 3. The normalized spacial score (nSPS) is 17.2. The Labute approximate surface area is 109 Å². The van der Waals surface area contributed by atoms with Gasteiger partial charge in [-0.1, -0.05) is 6.92 Å². The molecule has 1 amide bonds. The minimum atomic E-state index is 0.102. The molecule has 0 aliphatic carbocycles. The van der Waals surface area contributed by atoms with Gasteiger partial charge in [0.05, 0.1) is 22.4 Å². The second-order valence-electron chi connectivity index (χ2n) is 4.25. The quantitative estimate of drug-likeness (QED) is 0.893. The smallest absolute Gasteiger partial charge is 0.234 e. The minimum absolute atomic E-state index is 0.102. The van der Waals surface area contributed by atoms with Crippen molar-refractivity contribution in [2.24, 2.45) is 7.05 Å². The predicted octanol–water partition coefficient (Wildman–Crippen LogP) is 0.677. The maximum atomic E-state index is 11.3. The maximum absolute atomic E-state index is 11.3. The topological polar surface area (TPSA) is 50.2 Å². The molecule has 0 atom stereocenters. The first kappa shape index (κ1) is 12.6. The summed E-state index contributed by atoms with van der Waals surface area (Å²) in [7, 11) is 1.95. The highest BCUT2D eigenvalue weighted by atomic mass is 79.9. The fourth-order valence-electron chi connectivity index (χ4n) is 2.03. The molecule has 1 N–H and O–H groups in total. The molecule has 1 aromatic rings. The van der Waals surface area contributed by atoms with Gasteiger partial charge in [-0.05, 0) is 22.4 Å². The average Bonchev–Trinajstić information content (AvgIpc) is 2.56. The Morgan fingerprint density at radius 1 is 1.53 bits per heavy atom. The summed E-state index contributed by atoms with van der Waals surface area (Å²) >= 11 is 3.59. The van der Waals surface area contributed by atoms with Gasteiger partial charge in [-0.25, -0.2) is 0 Å². The Hall–Kier alpha value is -0.880. The van der Waals surface area contributed by atoms with Crippen LogP contribution in [0.5, 0.6) is 0 Å². The van der Waals surface area contributed by atoms with Crippen LogP contribution < -0.4 is 5.32 Å². The predicted molar refractivity (Wildman–Crippen MR) is 68.6 cm³/mol. The van der Waals surface area contributed by atoms with Crippen LogP contribution in [0.25, 0.3) is 0 Å². The number of hydrogen-bond acceptors (Lipinski definition) is 3. The summed E-state index contributed by atoms with van der Waals surface area (Å²) in [5, 5.41) is 7.28. The van der Waals surface area contributed by atoms with Crippen LogP contribution in [0.1, 0.15) is 18.3 Å². The molecule has 1 saturated heterocycles. The Bertz CT molecular complexity index is 429. The highest BCUT2D eigenvalue weighted by Gasteiger charge is 2.20. The van der Waals surface area contributed by atoms with Crippen molar-refractivity contribution in [2.45, 2.75) is 19.9 Å². The number of carbonyl (C=O) groups is 1. The van der Waals surface area contributed by atoms with E-state index in [0.29, 0.717) is 6.54 Å². The summed E-state index contributed by atoms with van der Waals surface area (Å²) in [6, 6.07) is 0. The molecule has 0 unspecified atom stereocenters. The molecule has 1 aliphatic heterocycles. The van der Waals surface area contributed by atoms with Gasteiger partial charge in [-0.3, -0.25) is 14.4 Å². The highest BCUT2D eigenvalue weighted by molar-refractivity contribution is 9.10. The number of aryl methyl sites for hydroxylation is 2. The van der Waals surface area contributed by atoms with E-state index in [9.17, 15) is 4.79 Å². The third-order valence-electron chi connectivity index (χ3n) is 2.99. The molecule has 2 rings (SSSR count). The van der Waals surface area contributed by atoms with Crippen LogP contribution in [-0.4, -0.2) is 40.2 Å². The van der Waals surface area contributed by atoms with E-state index < -0.39 is 0 Å². The van der Waals surface area contributed by atoms with Gasteiger partial charge in [-0.15, -0.1) is 0 Å². The molecule has 0 bridgehead atoms. The van der Waals surface area contributed by atoms with Gasteiger partial charge in [0.15, 0.2) is 0 Å². The number of nitrogens with one attached hydrogen (secondary N) is 1. The summed E-state index contributed by atoms with van der Waals surface area (Å²) in [6.07, 6.45) is 0.912. The zero-order valence-electron chi connectivity index (χ0n) is 10.2. The number of hydrogen-bond donors (Lipinski definition) is 1. The van der Waals surface area contributed by atoms with Crippen molar-refractivity contribution in [3.8, 4) is 0 Å². The molecule has 94 valence electrons. The van der Waals surface area contributed by atoms with Gasteiger partial charge >= 0.3 is 0 Å². The van der Waals surface area contributed by atoms with Gasteiger partial charge in [-0.2, -0.15) is 5.10 Å². The van der Waals surface area contributed by atoms with E-state index in [0.717, 1.165) is 41.9 Å². The lowest BCUT2D eigenvalue weighted by Crippen LogP contribution is -2.47. The lowest BCUT2D eigenvalue weighted by atomic mass is 10.2. The number of carbonyl (C=O) groups excluding carboxylic acids is 1. The molecular weight excluding hydrogens is 284 g/mol. The molecule has 6 heteroatoms. The minimum Gasteiger partial charge on any atom is -0.354 e. The first-order chi connectivity index (χ1) is 8.11. The summed E-state index contributed by atoms with van der Waals surface area (Å²) in [5.74, 6) is 0.102. The van der Waals surface area contributed by atoms with Gasteiger partial charge < -0.3 is 5.32 Å². The number of aromatic nitrogens is 2. The Balaban J connectivity index is 2.12. The Kier molecular flexibility index (Phi) is 3.83. The average molecular weight is 301 g/mol. The molecule has 0 spiro atoms. The maximum Gasteiger partial charge on any atom is 0.234 e. The van der Waals surface area contributed by atoms with E-state index in [4.69, 9.17) is 0 Å². The Morgan fingerprint density at radius 3 is 2.88 bits per heavy atom. The number of rotatable bonds is 3. The fraction of sp³-hybridized carbons (Fsp3) is 0.636. The zero-order valence-corrected chi connectivity index (χ0v) is 11.7. The van der Waals surface area contributed by atoms with Crippen LogP contribution in [0, 0.1) is 0 Å². The molecule has 17 heavy (non-hydrogen) atoms. The molecule has 1 aromatic heterocycles. The standard InChI is InChI=1S/C11H17BrN4O/c1-3-8-11(12)9(15(2)14-8)6-16-5-4-13-10(17)7-16/h3-7H2,1-2H3,(H,13,17). The third kappa shape index (κ3) is 2.69. The van der Waals surface area contributed by atoms with Crippen LogP contribution in [0.3, 0.4) is 0 Å².